The number of anilines is 3. The molecule has 0 fully saturated rings. The van der Waals surface area contributed by atoms with Gasteiger partial charge >= 0.3 is 30.0 Å². The largest absolute Gasteiger partial charge is 0.462 e. The van der Waals surface area contributed by atoms with Crippen molar-refractivity contribution in [3.8, 4) is 0 Å². The lowest BCUT2D eigenvalue weighted by Crippen LogP contribution is -2.37. The number of ether oxygens (including phenoxy) is 5. The van der Waals surface area contributed by atoms with Crippen molar-refractivity contribution in [3.05, 3.63) is 88.0 Å². The maximum atomic E-state index is 13.6. The monoisotopic (exact) mass is 1000 g/mol. The Balaban J connectivity index is 1.84. The molecule has 3 aromatic rings. The fourth-order valence-electron chi connectivity index (χ4n) is 6.01. The molecule has 21 nitrogen and oxygen atoms in total. The summed E-state index contributed by atoms with van der Waals surface area (Å²) in [6, 6.07) is 11.3. The summed E-state index contributed by atoms with van der Waals surface area (Å²) in [5, 5.41) is 14.7. The first kappa shape index (κ1) is 58.5. The number of esters is 4. The molecule has 21 heteroatoms. The van der Waals surface area contributed by atoms with Gasteiger partial charge in [-0.05, 0) is 101 Å². The van der Waals surface area contributed by atoms with Gasteiger partial charge < -0.3 is 55.6 Å². The lowest BCUT2D eigenvalue weighted by molar-refractivity contribution is -0.116. The minimum atomic E-state index is -0.898. The van der Waals surface area contributed by atoms with E-state index in [4.69, 9.17) is 23.7 Å². The molecule has 0 radical (unpaired) electrons. The fourth-order valence-corrected chi connectivity index (χ4v) is 6.01. The van der Waals surface area contributed by atoms with Gasteiger partial charge in [0.05, 0.1) is 61.8 Å². The molecule has 0 spiro atoms. The molecule has 0 atom stereocenters. The van der Waals surface area contributed by atoms with Crippen LogP contribution in [0, 0.1) is 0 Å². The smallest absolute Gasteiger partial charge is 0.408 e. The highest BCUT2D eigenvalue weighted by molar-refractivity contribution is 6.06. The number of amides is 6. The van der Waals surface area contributed by atoms with Gasteiger partial charge in [-0.3, -0.25) is 24.0 Å². The Bertz CT molecular complexity index is 2210. The highest BCUT2D eigenvalue weighted by Gasteiger charge is 2.22. The van der Waals surface area contributed by atoms with Crippen molar-refractivity contribution in [2.45, 2.75) is 105 Å². The van der Waals surface area contributed by atoms with Crippen LogP contribution in [0.5, 0.6) is 0 Å². The van der Waals surface area contributed by atoms with Crippen LogP contribution >= 0.6 is 0 Å². The number of alkyl carbamates (subject to hydrolysis) is 1. The molecule has 72 heavy (non-hydrogen) atoms. The molecule has 0 unspecified atom stereocenters. The Kier molecular flexibility index (Phi) is 24.4. The third-order valence-corrected chi connectivity index (χ3v) is 9.65. The van der Waals surface area contributed by atoms with Gasteiger partial charge in [0.2, 0.25) is 17.7 Å². The summed E-state index contributed by atoms with van der Waals surface area (Å²) in [4.78, 5) is 130. The maximum Gasteiger partial charge on any atom is 0.408 e. The van der Waals surface area contributed by atoms with Gasteiger partial charge in [0, 0.05) is 28.2 Å². The normalized spacial score (nSPS) is 10.7. The highest BCUT2D eigenvalue weighted by atomic mass is 16.6. The number of hydrogen-bond donors (Lipinski definition) is 6. The van der Waals surface area contributed by atoms with Crippen LogP contribution in [0.4, 0.5) is 21.9 Å². The molecule has 390 valence electrons. The van der Waals surface area contributed by atoms with Crippen LogP contribution in [0.15, 0.2) is 54.6 Å². The van der Waals surface area contributed by atoms with E-state index in [1.54, 1.807) is 20.8 Å². The van der Waals surface area contributed by atoms with Crippen LogP contribution in [-0.2, 0) is 38.1 Å². The molecule has 6 N–H and O–H groups in total. The molecule has 6 amide bonds. The van der Waals surface area contributed by atoms with E-state index in [0.29, 0.717) is 25.7 Å². The third-order valence-electron chi connectivity index (χ3n) is 9.65. The number of rotatable bonds is 27. The number of carbonyl (C=O) groups excluding carboxylic acids is 10. The second-order valence-corrected chi connectivity index (χ2v) is 17.2. The molecule has 0 bridgehead atoms. The van der Waals surface area contributed by atoms with Crippen molar-refractivity contribution in [2.24, 2.45) is 0 Å². The third kappa shape index (κ3) is 21.4. The molecule has 0 saturated carbocycles. The summed E-state index contributed by atoms with van der Waals surface area (Å²) in [6.45, 7) is 11.2. The standard InChI is InChI=1S/C51H66N6O15/c1-8-12-16-68-46(63)34-21-35(47(64)69-17-13-9-2)26-39(25-34)56-41(58)29-52-44(61)32-20-33(24-38(23-32)55-43(60)31-54-50(67)72-51(5,6)7)45(62)53-30-42(59)57-40-27-36(48(65)70-18-14-10-3)22-37(28-40)49(66)71-19-15-11-4/h20-28H,8-19,29-31H2,1-7H3,(H,52,61)(H,53,62)(H,54,67)(H,55,60)(H,56,58)(H,57,59). The number of carbonyl (C=O) groups is 10. The van der Waals surface area contributed by atoms with E-state index in [0.717, 1.165) is 31.7 Å². The average molecular weight is 1000 g/mol. The molecule has 0 aliphatic heterocycles. The van der Waals surface area contributed by atoms with Crippen molar-refractivity contribution in [2.75, 3.05) is 62.0 Å². The van der Waals surface area contributed by atoms with Gasteiger partial charge in [0.25, 0.3) is 11.8 Å². The molecule has 3 rings (SSSR count). The van der Waals surface area contributed by atoms with E-state index in [1.165, 1.54) is 48.5 Å². The van der Waals surface area contributed by atoms with E-state index in [-0.39, 0.29) is 76.9 Å². The quantitative estimate of drug-likeness (QED) is 0.0263. The summed E-state index contributed by atoms with van der Waals surface area (Å²) < 4.78 is 26.4. The van der Waals surface area contributed by atoms with Gasteiger partial charge in [-0.15, -0.1) is 0 Å². The molecule has 0 aliphatic carbocycles. The molecular weight excluding hydrogens is 937 g/mol. The first-order chi connectivity index (χ1) is 34.2. The lowest BCUT2D eigenvalue weighted by atomic mass is 10.1. The fraction of sp³-hybridized carbons (Fsp3) is 0.451. The highest BCUT2D eigenvalue weighted by Crippen LogP contribution is 2.21. The topological polar surface area (TPSA) is 289 Å². The van der Waals surface area contributed by atoms with Crippen LogP contribution in [0.25, 0.3) is 0 Å². The van der Waals surface area contributed by atoms with E-state index < -0.39 is 84.7 Å². The Hall–Kier alpha value is -7.84. The molecule has 0 aromatic heterocycles. The predicted octanol–water partition coefficient (Wildman–Crippen LogP) is 6.71. The van der Waals surface area contributed by atoms with E-state index in [2.05, 4.69) is 31.9 Å². The summed E-state index contributed by atoms with van der Waals surface area (Å²) in [5.74, 6) is -7.07. The second kappa shape index (κ2) is 30.0. The number of benzene rings is 3. The molecule has 0 saturated heterocycles. The average Bonchev–Trinajstić information content (AvgIpc) is 3.33. The van der Waals surface area contributed by atoms with Crippen LogP contribution in [0.1, 0.15) is 162 Å². The Morgan fingerprint density at radius 3 is 0.931 bits per heavy atom. The zero-order valence-corrected chi connectivity index (χ0v) is 41.9. The number of hydrogen-bond acceptors (Lipinski definition) is 15. The molecular formula is C51H66N6O15. The Morgan fingerprint density at radius 2 is 0.653 bits per heavy atom. The summed E-state index contributed by atoms with van der Waals surface area (Å²) >= 11 is 0. The zero-order valence-electron chi connectivity index (χ0n) is 41.9. The zero-order chi connectivity index (χ0) is 53.2. The first-order valence-electron chi connectivity index (χ1n) is 23.8. The number of unbranched alkanes of at least 4 members (excludes halogenated alkanes) is 4. The molecule has 3 aromatic carbocycles. The maximum absolute atomic E-state index is 13.6. The SMILES string of the molecule is CCCCOC(=O)c1cc(NC(=O)CNC(=O)c2cc(NC(=O)CNC(=O)OC(C)(C)C)cc(C(=O)NCC(=O)Nc3cc(C(=O)OCCCC)cc(C(=O)OCCCC)c3)c2)cc(C(=O)OCCCC)c1. The van der Waals surface area contributed by atoms with Crippen LogP contribution in [0.3, 0.4) is 0 Å². The first-order valence-corrected chi connectivity index (χ1v) is 23.8. The van der Waals surface area contributed by atoms with Crippen molar-refractivity contribution >= 4 is 76.6 Å². The van der Waals surface area contributed by atoms with Crippen molar-refractivity contribution < 1.29 is 71.6 Å². The van der Waals surface area contributed by atoms with Crippen LogP contribution < -0.4 is 31.9 Å². The summed E-state index contributed by atoms with van der Waals surface area (Å²) in [6.07, 6.45) is 4.62. The Labute approximate surface area is 418 Å². The van der Waals surface area contributed by atoms with Gasteiger partial charge in [-0.25, -0.2) is 24.0 Å². The van der Waals surface area contributed by atoms with E-state index in [1.807, 2.05) is 27.7 Å². The second-order valence-electron chi connectivity index (χ2n) is 17.2. The minimum absolute atomic E-state index is 0.0253. The van der Waals surface area contributed by atoms with Gasteiger partial charge in [-0.2, -0.15) is 0 Å². The van der Waals surface area contributed by atoms with E-state index >= 15 is 0 Å². The van der Waals surface area contributed by atoms with E-state index in [9.17, 15) is 47.9 Å². The van der Waals surface area contributed by atoms with Gasteiger partial charge in [0.15, 0.2) is 0 Å². The van der Waals surface area contributed by atoms with Crippen molar-refractivity contribution in [1.82, 2.24) is 16.0 Å². The molecule has 0 aliphatic rings. The minimum Gasteiger partial charge on any atom is -0.462 e. The predicted molar refractivity (Wildman–Crippen MR) is 265 cm³/mol. The number of nitrogens with one attached hydrogen (secondary N) is 6. The lowest BCUT2D eigenvalue weighted by Gasteiger charge is -2.19. The van der Waals surface area contributed by atoms with Crippen molar-refractivity contribution in [3.63, 3.8) is 0 Å². The van der Waals surface area contributed by atoms with Crippen LogP contribution in [0.2, 0.25) is 0 Å². The van der Waals surface area contributed by atoms with Gasteiger partial charge in [0.1, 0.15) is 12.1 Å². The van der Waals surface area contributed by atoms with Crippen LogP contribution in [-0.4, -0.2) is 111 Å². The van der Waals surface area contributed by atoms with Gasteiger partial charge in [-0.1, -0.05) is 53.4 Å². The Morgan fingerprint density at radius 1 is 0.389 bits per heavy atom. The summed E-state index contributed by atoms with van der Waals surface area (Å²) in [5.41, 5.74) is -1.47. The van der Waals surface area contributed by atoms with Crippen molar-refractivity contribution in [1.29, 1.82) is 0 Å². The molecule has 0 heterocycles. The summed E-state index contributed by atoms with van der Waals surface area (Å²) in [7, 11) is 0.